The lowest BCUT2D eigenvalue weighted by atomic mass is 10.1. The maximum atomic E-state index is 11.1. The van der Waals surface area contributed by atoms with Gasteiger partial charge in [0.25, 0.3) is 0 Å². The zero-order valence-electron chi connectivity index (χ0n) is 8.73. The molecule has 0 radical (unpaired) electrons. The van der Waals surface area contributed by atoms with Gasteiger partial charge in [-0.05, 0) is 17.7 Å². The van der Waals surface area contributed by atoms with Crippen LogP contribution in [0, 0.1) is 0 Å². The molecule has 0 aliphatic rings. The van der Waals surface area contributed by atoms with Crippen LogP contribution in [0.4, 0.5) is 5.69 Å². The normalized spacial score (nSPS) is 12.2. The summed E-state index contributed by atoms with van der Waals surface area (Å²) in [5.74, 6) is -0.0258. The molecule has 0 heterocycles. The van der Waals surface area contributed by atoms with Crippen molar-refractivity contribution in [2.24, 2.45) is 5.73 Å². The summed E-state index contributed by atoms with van der Waals surface area (Å²) in [7, 11) is 0. The number of hydrogen-bond donors (Lipinski definition) is 3. The van der Waals surface area contributed by atoms with Gasteiger partial charge in [-0.3, -0.25) is 4.79 Å². The van der Waals surface area contributed by atoms with Crippen molar-refractivity contribution in [3.05, 3.63) is 29.8 Å². The Morgan fingerprint density at radius 2 is 2.07 bits per heavy atom. The zero-order valence-corrected chi connectivity index (χ0v) is 8.73. The number of rotatable bonds is 4. The number of carbonyl (C=O) groups is 1. The van der Waals surface area contributed by atoms with Gasteiger partial charge in [0.1, 0.15) is 0 Å². The minimum absolute atomic E-state index is 0.0258. The topological polar surface area (TPSA) is 75.3 Å². The van der Waals surface area contributed by atoms with E-state index in [2.05, 4.69) is 5.32 Å². The molecule has 0 aromatic heterocycles. The molecule has 0 bridgehead atoms. The molecule has 4 N–H and O–H groups in total. The average Bonchev–Trinajstić information content (AvgIpc) is 2.29. The Bertz CT molecular complexity index is 322. The van der Waals surface area contributed by atoms with Gasteiger partial charge in [-0.1, -0.05) is 19.1 Å². The fourth-order valence-corrected chi connectivity index (χ4v) is 1.17. The van der Waals surface area contributed by atoms with E-state index in [1.165, 1.54) is 0 Å². The Balaban J connectivity index is 2.68. The number of anilines is 1. The van der Waals surface area contributed by atoms with Crippen LogP contribution in [0.1, 0.15) is 25.0 Å². The number of aliphatic hydroxyl groups excluding tert-OH is 1. The predicted octanol–water partition coefficient (Wildman–Crippen LogP) is 1.03. The summed E-state index contributed by atoms with van der Waals surface area (Å²) in [4.78, 5) is 11.1. The van der Waals surface area contributed by atoms with Gasteiger partial charge < -0.3 is 16.2 Å². The van der Waals surface area contributed by atoms with Crippen LogP contribution in [0.3, 0.4) is 0 Å². The summed E-state index contributed by atoms with van der Waals surface area (Å²) in [5.41, 5.74) is 6.81. The first-order valence-electron chi connectivity index (χ1n) is 4.95. The summed E-state index contributed by atoms with van der Waals surface area (Å²) in [6.07, 6.45) is -0.186. The molecule has 1 atom stereocenters. The summed E-state index contributed by atoms with van der Waals surface area (Å²) >= 11 is 0. The van der Waals surface area contributed by atoms with E-state index in [-0.39, 0.29) is 12.5 Å². The third-order valence-corrected chi connectivity index (χ3v) is 2.12. The van der Waals surface area contributed by atoms with Crippen LogP contribution < -0.4 is 11.1 Å². The van der Waals surface area contributed by atoms with Gasteiger partial charge >= 0.3 is 0 Å². The van der Waals surface area contributed by atoms with Crippen molar-refractivity contribution in [1.29, 1.82) is 0 Å². The number of amides is 1. The molecule has 4 heteroatoms. The van der Waals surface area contributed by atoms with Gasteiger partial charge in [-0.25, -0.2) is 0 Å². The Kier molecular flexibility index (Phi) is 4.27. The molecule has 1 aromatic rings. The summed E-state index contributed by atoms with van der Waals surface area (Å²) < 4.78 is 0. The van der Waals surface area contributed by atoms with Crippen LogP contribution in [0.2, 0.25) is 0 Å². The first-order valence-corrected chi connectivity index (χ1v) is 4.95. The van der Waals surface area contributed by atoms with E-state index < -0.39 is 6.10 Å². The number of hydrogen-bond acceptors (Lipinski definition) is 3. The Hall–Kier alpha value is -1.39. The standard InChI is InChI=1S/C11H16N2O2/c1-2-11(15)13-9-5-3-8(4-6-9)10(14)7-12/h3-6,10,14H,2,7,12H2,1H3,(H,13,15). The van der Waals surface area contributed by atoms with Crippen LogP contribution in [-0.4, -0.2) is 17.6 Å². The first-order chi connectivity index (χ1) is 7.17. The minimum atomic E-state index is -0.638. The van der Waals surface area contributed by atoms with E-state index in [4.69, 9.17) is 5.73 Å². The largest absolute Gasteiger partial charge is 0.387 e. The zero-order chi connectivity index (χ0) is 11.3. The Morgan fingerprint density at radius 1 is 1.47 bits per heavy atom. The van der Waals surface area contributed by atoms with Crippen LogP contribution in [0.25, 0.3) is 0 Å². The molecule has 0 aliphatic carbocycles. The molecule has 0 saturated heterocycles. The van der Waals surface area contributed by atoms with Gasteiger partial charge in [-0.2, -0.15) is 0 Å². The molecule has 82 valence electrons. The molecule has 15 heavy (non-hydrogen) atoms. The quantitative estimate of drug-likeness (QED) is 0.691. The molecule has 1 rings (SSSR count). The molecule has 0 saturated carbocycles. The molecule has 1 aromatic carbocycles. The third-order valence-electron chi connectivity index (χ3n) is 2.12. The fraction of sp³-hybridized carbons (Fsp3) is 0.364. The highest BCUT2D eigenvalue weighted by Crippen LogP contribution is 2.15. The molecule has 1 unspecified atom stereocenters. The summed E-state index contributed by atoms with van der Waals surface area (Å²) in [5, 5.41) is 12.2. The summed E-state index contributed by atoms with van der Waals surface area (Å²) in [6.45, 7) is 1.99. The lowest BCUT2D eigenvalue weighted by molar-refractivity contribution is -0.115. The van der Waals surface area contributed by atoms with Crippen LogP contribution in [0.15, 0.2) is 24.3 Å². The number of benzene rings is 1. The number of aliphatic hydroxyl groups is 1. The Morgan fingerprint density at radius 3 is 2.53 bits per heavy atom. The van der Waals surface area contributed by atoms with E-state index in [1.54, 1.807) is 31.2 Å². The van der Waals surface area contributed by atoms with Crippen molar-refractivity contribution in [2.75, 3.05) is 11.9 Å². The van der Waals surface area contributed by atoms with Crippen molar-refractivity contribution in [2.45, 2.75) is 19.4 Å². The average molecular weight is 208 g/mol. The Labute approximate surface area is 89.1 Å². The lowest BCUT2D eigenvalue weighted by Crippen LogP contribution is -2.12. The maximum Gasteiger partial charge on any atom is 0.224 e. The summed E-state index contributed by atoms with van der Waals surface area (Å²) in [6, 6.07) is 7.01. The minimum Gasteiger partial charge on any atom is -0.387 e. The number of carbonyl (C=O) groups excluding carboxylic acids is 1. The van der Waals surface area contributed by atoms with Crippen molar-refractivity contribution in [3.8, 4) is 0 Å². The van der Waals surface area contributed by atoms with Crippen LogP contribution >= 0.6 is 0 Å². The highest BCUT2D eigenvalue weighted by atomic mass is 16.3. The monoisotopic (exact) mass is 208 g/mol. The second kappa shape index (κ2) is 5.48. The van der Waals surface area contributed by atoms with Crippen LogP contribution in [-0.2, 0) is 4.79 Å². The van der Waals surface area contributed by atoms with E-state index in [1.807, 2.05) is 0 Å². The predicted molar refractivity (Wildman–Crippen MR) is 59.4 cm³/mol. The number of nitrogens with two attached hydrogens (primary N) is 1. The third kappa shape index (κ3) is 3.34. The molecule has 4 nitrogen and oxygen atoms in total. The molecular formula is C11H16N2O2. The lowest BCUT2D eigenvalue weighted by Gasteiger charge is -2.09. The van der Waals surface area contributed by atoms with E-state index >= 15 is 0 Å². The second-order valence-electron chi connectivity index (χ2n) is 3.28. The van der Waals surface area contributed by atoms with Gasteiger partial charge in [0.05, 0.1) is 6.10 Å². The number of nitrogens with one attached hydrogen (secondary N) is 1. The smallest absolute Gasteiger partial charge is 0.224 e. The van der Waals surface area contributed by atoms with Gasteiger partial charge in [0.2, 0.25) is 5.91 Å². The maximum absolute atomic E-state index is 11.1. The van der Waals surface area contributed by atoms with Gasteiger partial charge in [-0.15, -0.1) is 0 Å². The van der Waals surface area contributed by atoms with Crippen molar-refractivity contribution < 1.29 is 9.90 Å². The van der Waals surface area contributed by atoms with E-state index in [9.17, 15) is 9.90 Å². The van der Waals surface area contributed by atoms with Crippen molar-refractivity contribution >= 4 is 11.6 Å². The van der Waals surface area contributed by atoms with Gasteiger partial charge in [0, 0.05) is 18.7 Å². The molecule has 0 aliphatic heterocycles. The van der Waals surface area contributed by atoms with E-state index in [0.29, 0.717) is 6.42 Å². The highest BCUT2D eigenvalue weighted by Gasteiger charge is 2.04. The molecule has 0 spiro atoms. The highest BCUT2D eigenvalue weighted by molar-refractivity contribution is 5.90. The van der Waals surface area contributed by atoms with Crippen LogP contribution in [0.5, 0.6) is 0 Å². The molecular weight excluding hydrogens is 192 g/mol. The van der Waals surface area contributed by atoms with Crippen molar-refractivity contribution in [1.82, 2.24) is 0 Å². The fourth-order valence-electron chi connectivity index (χ4n) is 1.17. The van der Waals surface area contributed by atoms with E-state index in [0.717, 1.165) is 11.3 Å². The van der Waals surface area contributed by atoms with Gasteiger partial charge in [0.15, 0.2) is 0 Å². The van der Waals surface area contributed by atoms with Crippen molar-refractivity contribution in [3.63, 3.8) is 0 Å². The molecule has 1 amide bonds. The molecule has 0 fully saturated rings. The second-order valence-corrected chi connectivity index (χ2v) is 3.28. The SMILES string of the molecule is CCC(=O)Nc1ccc(C(O)CN)cc1. The first kappa shape index (κ1) is 11.7.